The number of aliphatic hydroxyl groups excluding tert-OH is 11. The number of allylic oxidation sites excluding steroid dienone is 7. The lowest BCUT2D eigenvalue weighted by atomic mass is 9.96. The van der Waals surface area contributed by atoms with Gasteiger partial charge >= 0.3 is 0 Å². The minimum atomic E-state index is -1.98. The van der Waals surface area contributed by atoms with Crippen molar-refractivity contribution in [3.63, 3.8) is 0 Å². The summed E-state index contributed by atoms with van der Waals surface area (Å²) >= 11 is 0. The van der Waals surface area contributed by atoms with Gasteiger partial charge in [0.15, 0.2) is 18.9 Å². The molecule has 0 aromatic carbocycles. The molecule has 17 atom stereocenters. The molecule has 17 unspecified atom stereocenters. The summed E-state index contributed by atoms with van der Waals surface area (Å²) in [5.41, 5.74) is 0. The van der Waals surface area contributed by atoms with Crippen LogP contribution in [0.1, 0.15) is 290 Å². The molecule has 0 saturated carbocycles. The van der Waals surface area contributed by atoms with E-state index in [1.54, 1.807) is 6.08 Å². The number of aliphatic hydroxyl groups is 11. The van der Waals surface area contributed by atoms with Crippen molar-refractivity contribution in [2.24, 2.45) is 0 Å². The molecule has 0 radical (unpaired) electrons. The fourth-order valence-corrected chi connectivity index (χ4v) is 12.8. The number of ether oxygens (including phenoxy) is 6. The molecule has 3 aliphatic rings. The smallest absolute Gasteiger partial charge is 0.220 e. The van der Waals surface area contributed by atoms with Gasteiger partial charge in [-0.3, -0.25) is 4.79 Å². The van der Waals surface area contributed by atoms with Crippen LogP contribution in [0.3, 0.4) is 0 Å². The molecule has 19 nitrogen and oxygen atoms in total. The van der Waals surface area contributed by atoms with E-state index in [4.69, 9.17) is 28.4 Å². The Morgan fingerprint density at radius 1 is 0.383 bits per heavy atom. The minimum Gasteiger partial charge on any atom is -0.394 e. The minimum absolute atomic E-state index is 0.234. The van der Waals surface area contributed by atoms with Gasteiger partial charge in [-0.15, -0.1) is 0 Å². The average molecular weight is 1340 g/mol. The van der Waals surface area contributed by atoms with E-state index in [-0.39, 0.29) is 18.9 Å². The summed E-state index contributed by atoms with van der Waals surface area (Å²) in [7, 11) is 0. The first-order chi connectivity index (χ1) is 45.8. The number of hydrogen-bond donors (Lipinski definition) is 12. The molecule has 0 aliphatic carbocycles. The first-order valence-electron chi connectivity index (χ1n) is 37.9. The number of carbonyl (C=O) groups excluding carboxylic acids is 1. The SMILES string of the molecule is CC/C=C/CC/C=C/CC/C=C/C(O)C(COC1OC(CO)C(OC2OC(CO)C(OC3OC(CO)C(O)C(O)C3O)C(O)C2O)C(O)C1O)NC(=O)CCCCCCCCCCCCCCCCCCCCCCCCCCCCC/C=C\CCCCCCCCCC. The Labute approximate surface area is 567 Å². The van der Waals surface area contributed by atoms with Gasteiger partial charge in [0.2, 0.25) is 5.91 Å². The molecule has 94 heavy (non-hydrogen) atoms. The van der Waals surface area contributed by atoms with Gasteiger partial charge in [0, 0.05) is 6.42 Å². The standard InChI is InChI=1S/C75H137NO18/c1-3-5-7-9-11-13-15-16-17-18-19-20-21-22-23-24-25-26-27-28-29-30-31-32-33-34-35-36-37-38-39-40-41-42-43-45-47-49-51-53-63(81)76-58(59(80)52-50-48-46-44-14-12-10-8-6-4-2)57-89-73-69(87)66(84)71(61(55-78)91-73)94-75-70(88)67(85)72(62(56-79)92-75)93-74-68(86)65(83)64(82)60(54-77)90-74/h6,8,14,18-19,44,50,52,58-62,64-75,77-80,82-88H,3-5,7,9-13,15-17,20-43,45-49,51,53-57H2,1-2H3,(H,76,81)/b8-6+,19-18-,44-14+,52-50+. The van der Waals surface area contributed by atoms with Crippen LogP contribution in [0.15, 0.2) is 48.6 Å². The van der Waals surface area contributed by atoms with Crippen molar-refractivity contribution >= 4 is 5.91 Å². The summed E-state index contributed by atoms with van der Waals surface area (Å²) in [4.78, 5) is 13.4. The van der Waals surface area contributed by atoms with Crippen molar-refractivity contribution in [2.45, 2.75) is 394 Å². The van der Waals surface area contributed by atoms with Gasteiger partial charge in [-0.05, 0) is 64.2 Å². The van der Waals surface area contributed by atoms with E-state index < -0.39 is 124 Å². The van der Waals surface area contributed by atoms with Crippen LogP contribution in [0.25, 0.3) is 0 Å². The third-order valence-electron chi connectivity index (χ3n) is 18.8. The van der Waals surface area contributed by atoms with E-state index in [0.717, 1.165) is 44.9 Å². The molecule has 0 aromatic rings. The second kappa shape index (κ2) is 56.5. The number of rotatable bonds is 59. The fourth-order valence-electron chi connectivity index (χ4n) is 12.8. The van der Waals surface area contributed by atoms with Gasteiger partial charge in [-0.25, -0.2) is 0 Å². The summed E-state index contributed by atoms with van der Waals surface area (Å²) in [5.74, 6) is -0.288. The summed E-state index contributed by atoms with van der Waals surface area (Å²) in [5, 5.41) is 120. The van der Waals surface area contributed by atoms with Crippen molar-refractivity contribution in [3.05, 3.63) is 48.6 Å². The summed E-state index contributed by atoms with van der Waals surface area (Å²) in [6, 6.07) is -0.994. The van der Waals surface area contributed by atoms with E-state index in [0.29, 0.717) is 12.8 Å². The molecular formula is C75H137NO18. The predicted molar refractivity (Wildman–Crippen MR) is 369 cm³/mol. The number of hydrogen-bond acceptors (Lipinski definition) is 18. The number of unbranched alkanes of at least 4 members (excludes halogenated alkanes) is 37. The quantitative estimate of drug-likeness (QED) is 0.0199. The molecule has 3 fully saturated rings. The lowest BCUT2D eigenvalue weighted by molar-refractivity contribution is -0.379. The first-order valence-corrected chi connectivity index (χ1v) is 37.9. The van der Waals surface area contributed by atoms with E-state index >= 15 is 0 Å². The zero-order valence-corrected chi connectivity index (χ0v) is 58.4. The molecule has 19 heteroatoms. The molecule has 3 rings (SSSR count). The molecule has 0 spiro atoms. The highest BCUT2D eigenvalue weighted by Gasteiger charge is 2.53. The van der Waals surface area contributed by atoms with Crippen molar-refractivity contribution in [2.75, 3.05) is 26.4 Å². The molecule has 12 N–H and O–H groups in total. The van der Waals surface area contributed by atoms with Crippen molar-refractivity contribution in [1.82, 2.24) is 5.32 Å². The fraction of sp³-hybridized carbons (Fsp3) is 0.880. The van der Waals surface area contributed by atoms with E-state index in [2.05, 4.69) is 55.6 Å². The number of nitrogens with one attached hydrogen (secondary N) is 1. The summed E-state index contributed by atoms with van der Waals surface area (Å²) in [6.07, 6.45) is 43.2. The van der Waals surface area contributed by atoms with E-state index in [1.165, 1.54) is 212 Å². The zero-order valence-electron chi connectivity index (χ0n) is 58.4. The summed E-state index contributed by atoms with van der Waals surface area (Å²) < 4.78 is 34.3. The molecule has 1 amide bonds. The Hall–Kier alpha value is -2.25. The van der Waals surface area contributed by atoms with Crippen LogP contribution in [-0.2, 0) is 33.2 Å². The Morgan fingerprint density at radius 3 is 1.12 bits per heavy atom. The molecule has 3 heterocycles. The van der Waals surface area contributed by atoms with Crippen LogP contribution in [0, 0.1) is 0 Å². The highest BCUT2D eigenvalue weighted by molar-refractivity contribution is 5.76. The number of amides is 1. The molecule has 550 valence electrons. The second-order valence-corrected chi connectivity index (χ2v) is 27.1. The average Bonchev–Trinajstić information content (AvgIpc) is 0.787. The maximum Gasteiger partial charge on any atom is 0.220 e. The third-order valence-corrected chi connectivity index (χ3v) is 18.8. The Bertz CT molecular complexity index is 1890. The van der Waals surface area contributed by atoms with Crippen LogP contribution in [0.5, 0.6) is 0 Å². The van der Waals surface area contributed by atoms with Crippen molar-refractivity contribution < 1.29 is 89.4 Å². The first kappa shape index (κ1) is 86.0. The van der Waals surface area contributed by atoms with Gasteiger partial charge in [0.1, 0.15) is 73.2 Å². The molecule has 0 bridgehead atoms. The van der Waals surface area contributed by atoms with Crippen LogP contribution in [0.4, 0.5) is 0 Å². The van der Waals surface area contributed by atoms with Crippen LogP contribution in [0.2, 0.25) is 0 Å². The predicted octanol–water partition coefficient (Wildman–Crippen LogP) is 11.3. The van der Waals surface area contributed by atoms with E-state index in [1.807, 2.05) is 6.08 Å². The second-order valence-electron chi connectivity index (χ2n) is 27.1. The Morgan fingerprint density at radius 2 is 0.713 bits per heavy atom. The molecule has 0 aromatic heterocycles. The monoisotopic (exact) mass is 1340 g/mol. The van der Waals surface area contributed by atoms with Crippen LogP contribution < -0.4 is 5.32 Å². The highest BCUT2D eigenvalue weighted by Crippen LogP contribution is 2.33. The lowest BCUT2D eigenvalue weighted by Crippen LogP contribution is -2.66. The zero-order chi connectivity index (χ0) is 68.2. The normalized spacial score (nSPS) is 27.6. The Kier molecular flexibility index (Phi) is 51.7. The summed E-state index contributed by atoms with van der Waals surface area (Å²) in [6.45, 7) is 1.59. The maximum atomic E-state index is 13.4. The molecule has 3 aliphatic heterocycles. The molecule has 3 saturated heterocycles. The maximum absolute atomic E-state index is 13.4. The van der Waals surface area contributed by atoms with Crippen molar-refractivity contribution in [1.29, 1.82) is 0 Å². The van der Waals surface area contributed by atoms with Gasteiger partial charge in [-0.1, -0.05) is 268 Å². The van der Waals surface area contributed by atoms with Crippen molar-refractivity contribution in [3.8, 4) is 0 Å². The van der Waals surface area contributed by atoms with Crippen LogP contribution >= 0.6 is 0 Å². The third kappa shape index (κ3) is 37.3. The largest absolute Gasteiger partial charge is 0.394 e. The van der Waals surface area contributed by atoms with Crippen LogP contribution in [-0.4, -0.2) is 193 Å². The van der Waals surface area contributed by atoms with Gasteiger partial charge in [0.05, 0.1) is 38.6 Å². The van der Waals surface area contributed by atoms with Gasteiger partial charge < -0.3 is 89.9 Å². The van der Waals surface area contributed by atoms with Gasteiger partial charge in [0.25, 0.3) is 0 Å². The number of carbonyl (C=O) groups is 1. The van der Waals surface area contributed by atoms with Gasteiger partial charge in [-0.2, -0.15) is 0 Å². The highest BCUT2D eigenvalue weighted by atomic mass is 16.8. The molecular weight excluding hydrogens is 1200 g/mol. The lowest BCUT2D eigenvalue weighted by Gasteiger charge is -2.48. The Balaban J connectivity index is 1.26. The topological polar surface area (TPSA) is 307 Å². The van der Waals surface area contributed by atoms with E-state index in [9.17, 15) is 61.0 Å².